The number of anilines is 2. The van der Waals surface area contributed by atoms with Gasteiger partial charge in [-0.2, -0.15) is 5.10 Å². The molecular formula is C31H31N7O2. The minimum atomic E-state index is -0.471. The van der Waals surface area contributed by atoms with E-state index < -0.39 is 5.91 Å². The number of nitrogens with two attached hydrogens (primary N) is 1. The Hall–Kier alpha value is -4.89. The van der Waals surface area contributed by atoms with Crippen LogP contribution in [-0.2, 0) is 0 Å². The molecule has 3 heterocycles. The van der Waals surface area contributed by atoms with Gasteiger partial charge in [-0.3, -0.25) is 14.7 Å². The number of rotatable bonds is 7. The molecule has 0 bridgehead atoms. The molecular weight excluding hydrogens is 502 g/mol. The molecule has 5 aromatic rings. The number of benzene rings is 3. The van der Waals surface area contributed by atoms with E-state index >= 15 is 0 Å². The molecule has 0 radical (unpaired) electrons. The van der Waals surface area contributed by atoms with E-state index in [1.54, 1.807) is 12.1 Å². The van der Waals surface area contributed by atoms with E-state index in [-0.39, 0.29) is 5.91 Å². The summed E-state index contributed by atoms with van der Waals surface area (Å²) >= 11 is 0. The summed E-state index contributed by atoms with van der Waals surface area (Å²) in [6, 6.07) is 27.1. The van der Waals surface area contributed by atoms with Gasteiger partial charge in [0.05, 0.1) is 16.9 Å². The lowest BCUT2D eigenvalue weighted by atomic mass is 10.0. The first-order chi connectivity index (χ1) is 19.4. The third-order valence-electron chi connectivity index (χ3n) is 7.45. The van der Waals surface area contributed by atoms with Crippen LogP contribution in [0.3, 0.4) is 0 Å². The fourth-order valence-electron chi connectivity index (χ4n) is 5.22. The second-order valence-electron chi connectivity index (χ2n) is 10.3. The summed E-state index contributed by atoms with van der Waals surface area (Å²) in [5, 5.41) is 14.9. The molecule has 9 heteroatoms. The van der Waals surface area contributed by atoms with Crippen molar-refractivity contribution in [2.75, 3.05) is 30.8 Å². The van der Waals surface area contributed by atoms with E-state index in [4.69, 9.17) is 5.73 Å². The molecule has 6 rings (SSSR count). The van der Waals surface area contributed by atoms with Gasteiger partial charge >= 0.3 is 0 Å². The summed E-state index contributed by atoms with van der Waals surface area (Å²) < 4.78 is 2.08. The number of hydrogen-bond acceptors (Lipinski definition) is 5. The van der Waals surface area contributed by atoms with E-state index in [1.165, 1.54) is 0 Å². The molecule has 0 spiro atoms. The van der Waals surface area contributed by atoms with Crippen molar-refractivity contribution < 1.29 is 9.59 Å². The molecule has 3 aromatic carbocycles. The number of carbonyl (C=O) groups is 2. The monoisotopic (exact) mass is 533 g/mol. The number of H-pyrrole nitrogens is 1. The highest BCUT2D eigenvalue weighted by molar-refractivity contribution is 6.04. The van der Waals surface area contributed by atoms with Gasteiger partial charge in [-0.25, -0.2) is 0 Å². The predicted octanol–water partition coefficient (Wildman–Crippen LogP) is 4.88. The van der Waals surface area contributed by atoms with E-state index in [1.807, 2.05) is 66.7 Å². The number of nitrogens with zero attached hydrogens (tertiary/aromatic N) is 3. The number of aromatic nitrogens is 3. The number of aromatic amines is 1. The van der Waals surface area contributed by atoms with Crippen LogP contribution in [0, 0.1) is 0 Å². The van der Waals surface area contributed by atoms with Gasteiger partial charge in [-0.15, -0.1) is 0 Å². The van der Waals surface area contributed by atoms with Crippen LogP contribution in [0.1, 0.15) is 33.6 Å². The average molecular weight is 534 g/mol. The van der Waals surface area contributed by atoms with Crippen LogP contribution in [0.2, 0.25) is 0 Å². The van der Waals surface area contributed by atoms with Crippen molar-refractivity contribution in [1.29, 1.82) is 0 Å². The summed E-state index contributed by atoms with van der Waals surface area (Å²) in [5.41, 5.74) is 10.9. The number of carbonyl (C=O) groups excluding carboxylic acids is 2. The van der Waals surface area contributed by atoms with Crippen LogP contribution < -0.4 is 16.4 Å². The van der Waals surface area contributed by atoms with Crippen LogP contribution in [0.5, 0.6) is 0 Å². The number of primary amides is 1. The Balaban J connectivity index is 1.20. The van der Waals surface area contributed by atoms with Crippen LogP contribution in [-0.4, -0.2) is 57.7 Å². The second kappa shape index (κ2) is 10.7. The maximum Gasteiger partial charge on any atom is 0.256 e. The molecule has 1 fully saturated rings. The molecule has 2 aromatic heterocycles. The van der Waals surface area contributed by atoms with Gasteiger partial charge < -0.3 is 25.8 Å². The van der Waals surface area contributed by atoms with Crippen molar-refractivity contribution in [2.45, 2.75) is 18.9 Å². The normalized spacial score (nSPS) is 14.3. The molecule has 1 saturated heterocycles. The van der Waals surface area contributed by atoms with Crippen molar-refractivity contribution in [3.63, 3.8) is 0 Å². The van der Waals surface area contributed by atoms with Crippen molar-refractivity contribution in [3.05, 3.63) is 96.1 Å². The number of para-hydroxylation sites is 1. The topological polar surface area (TPSA) is 121 Å². The summed E-state index contributed by atoms with van der Waals surface area (Å²) in [6.45, 7) is 2.18. The van der Waals surface area contributed by atoms with Gasteiger partial charge in [0.2, 0.25) is 5.91 Å². The zero-order valence-electron chi connectivity index (χ0n) is 22.2. The Morgan fingerprint density at radius 2 is 1.62 bits per heavy atom. The fourth-order valence-corrected chi connectivity index (χ4v) is 5.22. The summed E-state index contributed by atoms with van der Waals surface area (Å²) in [5.74, 6) is -0.276. The maximum atomic E-state index is 13.0. The van der Waals surface area contributed by atoms with Crippen LogP contribution in [0.25, 0.3) is 28.0 Å². The maximum absolute atomic E-state index is 13.0. The Morgan fingerprint density at radius 1 is 0.925 bits per heavy atom. The smallest absolute Gasteiger partial charge is 0.256 e. The van der Waals surface area contributed by atoms with Crippen molar-refractivity contribution in [3.8, 4) is 17.1 Å². The molecule has 202 valence electrons. The zero-order chi connectivity index (χ0) is 27.6. The summed E-state index contributed by atoms with van der Waals surface area (Å²) in [7, 11) is 2.15. The minimum Gasteiger partial charge on any atom is -0.382 e. The van der Waals surface area contributed by atoms with E-state index in [2.05, 4.69) is 43.4 Å². The molecule has 0 aliphatic carbocycles. The molecule has 9 nitrogen and oxygen atoms in total. The highest BCUT2D eigenvalue weighted by Gasteiger charge is 2.18. The van der Waals surface area contributed by atoms with Crippen molar-refractivity contribution in [2.24, 2.45) is 5.73 Å². The van der Waals surface area contributed by atoms with Gasteiger partial charge in [-0.1, -0.05) is 18.2 Å². The highest BCUT2D eigenvalue weighted by Crippen LogP contribution is 2.32. The molecule has 0 atom stereocenters. The average Bonchev–Trinajstić information content (AvgIpc) is 3.59. The number of amides is 2. The standard InChI is InChI=1S/C31H31N7O2/c1-37-16-14-24(15-17-37)33-23-10-6-21(7-11-23)31(40)34-29-19-26(35-36-29)28-18-22-4-2-3-5-27(22)38(28)25-12-8-20(9-13-25)30(32)39/h2-13,18-19,24,33H,14-17H2,1H3,(H2,32,39)(H2,34,35,36,40). The van der Waals surface area contributed by atoms with Crippen molar-refractivity contribution >= 4 is 34.2 Å². The highest BCUT2D eigenvalue weighted by atomic mass is 16.2. The zero-order valence-corrected chi connectivity index (χ0v) is 22.2. The lowest BCUT2D eigenvalue weighted by Crippen LogP contribution is -2.36. The quantitative estimate of drug-likeness (QED) is 0.238. The Morgan fingerprint density at radius 3 is 2.35 bits per heavy atom. The molecule has 1 aliphatic heterocycles. The first kappa shape index (κ1) is 25.4. The van der Waals surface area contributed by atoms with Crippen molar-refractivity contribution in [1.82, 2.24) is 19.7 Å². The molecule has 0 saturated carbocycles. The number of nitrogens with one attached hydrogen (secondary N) is 3. The SMILES string of the molecule is CN1CCC(Nc2ccc(C(=O)Nc3cc(-c4cc5ccccc5n4-c4ccc(C(N)=O)cc4)[nH]n3)cc2)CC1. The largest absolute Gasteiger partial charge is 0.382 e. The molecule has 2 amide bonds. The lowest BCUT2D eigenvalue weighted by molar-refractivity contribution is 0.0997. The Kier molecular flexibility index (Phi) is 6.79. The predicted molar refractivity (Wildman–Crippen MR) is 158 cm³/mol. The van der Waals surface area contributed by atoms with E-state index in [0.29, 0.717) is 23.0 Å². The molecule has 5 N–H and O–H groups in total. The molecule has 0 unspecified atom stereocenters. The fraction of sp³-hybridized carbons (Fsp3) is 0.194. The van der Waals surface area contributed by atoms with Gasteiger partial charge in [0, 0.05) is 40.0 Å². The summed E-state index contributed by atoms with van der Waals surface area (Å²) in [4.78, 5) is 26.9. The van der Waals surface area contributed by atoms with Crippen LogP contribution >= 0.6 is 0 Å². The Labute approximate surface area is 232 Å². The van der Waals surface area contributed by atoms with Gasteiger partial charge in [0.25, 0.3) is 5.91 Å². The number of fused-ring (bicyclic) bond motifs is 1. The van der Waals surface area contributed by atoms with Crippen LogP contribution in [0.15, 0.2) is 84.9 Å². The third-order valence-corrected chi connectivity index (χ3v) is 7.45. The molecule has 1 aliphatic rings. The number of likely N-dealkylation sites (tertiary alicyclic amines) is 1. The first-order valence-electron chi connectivity index (χ1n) is 13.4. The summed E-state index contributed by atoms with van der Waals surface area (Å²) in [6.07, 6.45) is 2.22. The molecule has 40 heavy (non-hydrogen) atoms. The number of hydrogen-bond donors (Lipinski definition) is 4. The first-order valence-corrected chi connectivity index (χ1v) is 13.4. The van der Waals surface area contributed by atoms with E-state index in [9.17, 15) is 9.59 Å². The van der Waals surface area contributed by atoms with Crippen LogP contribution in [0.4, 0.5) is 11.5 Å². The van der Waals surface area contributed by atoms with Gasteiger partial charge in [-0.05, 0) is 93.6 Å². The van der Waals surface area contributed by atoms with E-state index in [0.717, 1.165) is 59.6 Å². The minimum absolute atomic E-state index is 0.230. The Bertz CT molecular complexity index is 1660. The number of piperidine rings is 1. The van der Waals surface area contributed by atoms with Gasteiger partial charge in [0.1, 0.15) is 0 Å². The van der Waals surface area contributed by atoms with Gasteiger partial charge in [0.15, 0.2) is 5.82 Å². The third kappa shape index (κ3) is 5.19. The second-order valence-corrected chi connectivity index (χ2v) is 10.3. The lowest BCUT2D eigenvalue weighted by Gasteiger charge is -2.30.